The van der Waals surface area contributed by atoms with Gasteiger partial charge in [-0.05, 0) is 35.4 Å². The van der Waals surface area contributed by atoms with Gasteiger partial charge in [-0.15, -0.1) is 0 Å². The molecule has 0 aliphatic carbocycles. The largest absolute Gasteiger partial charge is 0.505 e. The first-order valence-corrected chi connectivity index (χ1v) is 5.80. The number of hydrogen-bond donors (Lipinski definition) is 1. The van der Waals surface area contributed by atoms with Crippen LogP contribution >= 0.6 is 23.2 Å². The summed E-state index contributed by atoms with van der Waals surface area (Å²) in [6.45, 7) is 0. The topological polar surface area (TPSA) is 29.5 Å². The van der Waals surface area contributed by atoms with Gasteiger partial charge in [-0.3, -0.25) is 0 Å². The van der Waals surface area contributed by atoms with Crippen molar-refractivity contribution in [1.82, 2.24) is 0 Å². The van der Waals surface area contributed by atoms with Crippen LogP contribution in [0.2, 0.25) is 10.0 Å². The molecule has 94 valence electrons. The van der Waals surface area contributed by atoms with Gasteiger partial charge in [0, 0.05) is 0 Å². The van der Waals surface area contributed by atoms with Gasteiger partial charge in [-0.25, -0.2) is 4.39 Å². The van der Waals surface area contributed by atoms with Crippen molar-refractivity contribution >= 4 is 23.2 Å². The summed E-state index contributed by atoms with van der Waals surface area (Å²) in [6.07, 6.45) is 0. The minimum atomic E-state index is -0.477. The molecule has 18 heavy (non-hydrogen) atoms. The highest BCUT2D eigenvalue weighted by Gasteiger charge is 2.10. The Hall–Kier alpha value is -1.45. The molecular formula is C13H9Cl2FO2. The lowest BCUT2D eigenvalue weighted by Gasteiger charge is -2.08. The van der Waals surface area contributed by atoms with E-state index in [9.17, 15) is 9.50 Å². The zero-order valence-electron chi connectivity index (χ0n) is 9.38. The maximum Gasteiger partial charge on any atom is 0.165 e. The quantitative estimate of drug-likeness (QED) is 0.880. The number of phenolic OH excluding ortho intramolecular Hbond substituents is 1. The van der Waals surface area contributed by atoms with Gasteiger partial charge in [-0.2, -0.15) is 0 Å². The van der Waals surface area contributed by atoms with Crippen LogP contribution < -0.4 is 4.74 Å². The van der Waals surface area contributed by atoms with Crippen LogP contribution in [-0.2, 0) is 0 Å². The molecule has 0 amide bonds. The molecule has 2 aromatic rings. The van der Waals surface area contributed by atoms with Crippen LogP contribution in [0.1, 0.15) is 0 Å². The van der Waals surface area contributed by atoms with Crippen molar-refractivity contribution in [3.8, 4) is 22.6 Å². The summed E-state index contributed by atoms with van der Waals surface area (Å²) in [5.74, 6) is -0.499. The van der Waals surface area contributed by atoms with Gasteiger partial charge < -0.3 is 9.84 Å². The summed E-state index contributed by atoms with van der Waals surface area (Å²) in [5, 5.41) is 9.69. The van der Waals surface area contributed by atoms with Gasteiger partial charge in [0.1, 0.15) is 0 Å². The minimum Gasteiger partial charge on any atom is -0.505 e. The monoisotopic (exact) mass is 286 g/mol. The van der Waals surface area contributed by atoms with Crippen LogP contribution in [0.5, 0.6) is 11.5 Å². The number of aromatic hydroxyl groups is 1. The van der Waals surface area contributed by atoms with E-state index >= 15 is 0 Å². The zero-order chi connectivity index (χ0) is 13.3. The Morgan fingerprint density at radius 2 is 1.67 bits per heavy atom. The second-order valence-electron chi connectivity index (χ2n) is 3.64. The summed E-state index contributed by atoms with van der Waals surface area (Å²) in [4.78, 5) is 0. The molecule has 2 nitrogen and oxygen atoms in total. The number of halogens is 3. The molecule has 0 spiro atoms. The highest BCUT2D eigenvalue weighted by atomic mass is 35.5. The first-order chi connectivity index (χ1) is 8.52. The molecule has 0 aliphatic heterocycles. The van der Waals surface area contributed by atoms with E-state index in [1.807, 2.05) is 0 Å². The Morgan fingerprint density at radius 3 is 2.17 bits per heavy atom. The predicted molar refractivity (Wildman–Crippen MR) is 70.1 cm³/mol. The van der Waals surface area contributed by atoms with Crippen LogP contribution in [0.25, 0.3) is 11.1 Å². The molecule has 0 atom stereocenters. The van der Waals surface area contributed by atoms with Crippen molar-refractivity contribution in [2.24, 2.45) is 0 Å². The molecule has 2 aromatic carbocycles. The third-order valence-corrected chi connectivity index (χ3v) is 3.08. The summed E-state index contributed by atoms with van der Waals surface area (Å²) in [6, 6.07) is 7.55. The van der Waals surface area contributed by atoms with Crippen LogP contribution in [0.15, 0.2) is 30.3 Å². The van der Waals surface area contributed by atoms with Crippen molar-refractivity contribution in [2.45, 2.75) is 0 Å². The standard InChI is InChI=1S/C13H9Cl2FO2/c1-18-12-3-2-7(6-11(12)16)8-4-9(14)13(17)10(15)5-8/h2-6,17H,1H3. The molecule has 0 heterocycles. The van der Waals surface area contributed by atoms with Crippen LogP contribution in [0, 0.1) is 5.82 Å². The molecule has 0 bridgehead atoms. The maximum absolute atomic E-state index is 13.6. The maximum atomic E-state index is 13.6. The fourth-order valence-electron chi connectivity index (χ4n) is 1.58. The normalized spacial score (nSPS) is 10.4. The Kier molecular flexibility index (Phi) is 3.64. The summed E-state index contributed by atoms with van der Waals surface area (Å²) in [5.41, 5.74) is 1.21. The molecule has 0 aliphatic rings. The lowest BCUT2D eigenvalue weighted by atomic mass is 10.1. The lowest BCUT2D eigenvalue weighted by Crippen LogP contribution is -1.88. The summed E-state index contributed by atoms with van der Waals surface area (Å²) < 4.78 is 18.4. The van der Waals surface area contributed by atoms with E-state index in [1.54, 1.807) is 6.07 Å². The number of methoxy groups -OCH3 is 1. The van der Waals surface area contributed by atoms with Gasteiger partial charge >= 0.3 is 0 Å². The van der Waals surface area contributed by atoms with E-state index < -0.39 is 5.82 Å². The molecule has 0 unspecified atom stereocenters. The van der Waals surface area contributed by atoms with Gasteiger partial charge in [0.2, 0.25) is 0 Å². The average molecular weight is 287 g/mol. The van der Waals surface area contributed by atoms with Gasteiger partial charge in [0.25, 0.3) is 0 Å². The molecule has 2 rings (SSSR count). The highest BCUT2D eigenvalue weighted by Crippen LogP contribution is 2.37. The summed E-state index contributed by atoms with van der Waals surface area (Å²) >= 11 is 11.6. The number of ether oxygens (including phenoxy) is 1. The van der Waals surface area contributed by atoms with E-state index in [1.165, 1.54) is 31.4 Å². The molecule has 0 aromatic heterocycles. The number of rotatable bonds is 2. The van der Waals surface area contributed by atoms with E-state index in [0.717, 1.165) is 0 Å². The SMILES string of the molecule is COc1ccc(-c2cc(Cl)c(O)c(Cl)c2)cc1F. The van der Waals surface area contributed by atoms with Crippen molar-refractivity contribution in [1.29, 1.82) is 0 Å². The summed E-state index contributed by atoms with van der Waals surface area (Å²) in [7, 11) is 1.40. The minimum absolute atomic E-state index is 0.119. The van der Waals surface area contributed by atoms with Crippen molar-refractivity contribution in [3.63, 3.8) is 0 Å². The Balaban J connectivity index is 2.52. The zero-order valence-corrected chi connectivity index (χ0v) is 10.9. The first-order valence-electron chi connectivity index (χ1n) is 5.05. The molecule has 0 saturated heterocycles. The van der Waals surface area contributed by atoms with Crippen molar-refractivity contribution in [2.75, 3.05) is 7.11 Å². The third-order valence-electron chi connectivity index (χ3n) is 2.50. The average Bonchev–Trinajstić information content (AvgIpc) is 2.35. The Bertz CT molecular complexity index is 577. The van der Waals surface area contributed by atoms with E-state index in [-0.39, 0.29) is 21.5 Å². The lowest BCUT2D eigenvalue weighted by molar-refractivity contribution is 0.386. The smallest absolute Gasteiger partial charge is 0.165 e. The van der Waals surface area contributed by atoms with Crippen LogP contribution in [0.3, 0.4) is 0 Å². The van der Waals surface area contributed by atoms with E-state index in [2.05, 4.69) is 0 Å². The van der Waals surface area contributed by atoms with Crippen molar-refractivity contribution < 1.29 is 14.2 Å². The molecule has 5 heteroatoms. The van der Waals surface area contributed by atoms with E-state index in [4.69, 9.17) is 27.9 Å². The molecule has 0 radical (unpaired) electrons. The van der Waals surface area contributed by atoms with Crippen molar-refractivity contribution in [3.05, 3.63) is 46.2 Å². The third kappa shape index (κ3) is 2.37. The molecule has 0 fully saturated rings. The Labute approximate surface area is 114 Å². The number of phenols is 1. The fourth-order valence-corrected chi connectivity index (χ4v) is 2.07. The number of hydrogen-bond acceptors (Lipinski definition) is 2. The predicted octanol–water partition coefficient (Wildman–Crippen LogP) is 4.51. The van der Waals surface area contributed by atoms with E-state index in [0.29, 0.717) is 11.1 Å². The highest BCUT2D eigenvalue weighted by molar-refractivity contribution is 6.37. The van der Waals surface area contributed by atoms with Gasteiger partial charge in [-0.1, -0.05) is 29.3 Å². The Morgan fingerprint density at radius 1 is 1.06 bits per heavy atom. The fraction of sp³-hybridized carbons (Fsp3) is 0.0769. The van der Waals surface area contributed by atoms with Crippen LogP contribution in [0.4, 0.5) is 4.39 Å². The molecular weight excluding hydrogens is 278 g/mol. The van der Waals surface area contributed by atoms with Gasteiger partial charge in [0.05, 0.1) is 17.2 Å². The molecule has 1 N–H and O–H groups in total. The first kappa shape index (κ1) is 13.0. The van der Waals surface area contributed by atoms with Crippen LogP contribution in [-0.4, -0.2) is 12.2 Å². The van der Waals surface area contributed by atoms with Gasteiger partial charge in [0.15, 0.2) is 17.3 Å². The second kappa shape index (κ2) is 5.04. The number of benzene rings is 2. The molecule has 0 saturated carbocycles. The second-order valence-corrected chi connectivity index (χ2v) is 4.45.